The molecule has 120 valence electrons. The molecule has 2 aromatic carbocycles. The minimum Gasteiger partial charge on any atom is -0.346 e. The first-order valence-corrected chi connectivity index (χ1v) is 8.62. The standard InChI is InChI=1S/C18H12BrClN2O2/c19-11-7-10-5-6-22-9-15(17(23)14(8-11)16(10)22)18(24)21-13-3-1-12(20)2-4-13/h1-4,7-9H,5-6H2,(H,21,24). The average molecular weight is 404 g/mol. The lowest BCUT2D eigenvalue weighted by Gasteiger charge is -2.10. The summed E-state index contributed by atoms with van der Waals surface area (Å²) in [7, 11) is 0. The first-order chi connectivity index (χ1) is 11.5. The Balaban J connectivity index is 1.80. The third-order valence-electron chi connectivity index (χ3n) is 4.18. The van der Waals surface area contributed by atoms with Crippen molar-refractivity contribution in [1.29, 1.82) is 0 Å². The molecule has 0 saturated heterocycles. The molecule has 6 heteroatoms. The fourth-order valence-corrected chi connectivity index (χ4v) is 3.72. The minimum absolute atomic E-state index is 0.142. The number of nitrogens with one attached hydrogen (secondary N) is 1. The molecule has 4 rings (SSSR count). The summed E-state index contributed by atoms with van der Waals surface area (Å²) in [5.41, 5.74) is 2.54. The van der Waals surface area contributed by atoms with Gasteiger partial charge in [0.05, 0.1) is 5.52 Å². The van der Waals surface area contributed by atoms with E-state index in [9.17, 15) is 9.59 Å². The number of aryl methyl sites for hydroxylation is 2. The summed E-state index contributed by atoms with van der Waals surface area (Å²) in [5.74, 6) is -0.415. The number of halogens is 2. The number of benzene rings is 2. The van der Waals surface area contributed by atoms with Crippen molar-refractivity contribution in [3.8, 4) is 0 Å². The monoisotopic (exact) mass is 402 g/mol. The van der Waals surface area contributed by atoms with Crippen molar-refractivity contribution in [3.05, 3.63) is 73.4 Å². The Kier molecular flexibility index (Phi) is 3.70. The molecule has 4 nitrogen and oxygen atoms in total. The van der Waals surface area contributed by atoms with Gasteiger partial charge in [0, 0.05) is 33.3 Å². The van der Waals surface area contributed by atoms with Gasteiger partial charge in [0.2, 0.25) is 5.43 Å². The Morgan fingerprint density at radius 3 is 2.71 bits per heavy atom. The summed E-state index contributed by atoms with van der Waals surface area (Å²) in [5, 5.41) is 3.91. The Hall–Kier alpha value is -2.11. The summed E-state index contributed by atoms with van der Waals surface area (Å²) < 4.78 is 2.83. The van der Waals surface area contributed by atoms with Crippen molar-refractivity contribution >= 4 is 50.0 Å². The molecule has 24 heavy (non-hydrogen) atoms. The number of amides is 1. The Labute approximate surface area is 151 Å². The number of hydrogen-bond acceptors (Lipinski definition) is 2. The lowest BCUT2D eigenvalue weighted by atomic mass is 10.1. The van der Waals surface area contributed by atoms with E-state index >= 15 is 0 Å². The van der Waals surface area contributed by atoms with Gasteiger partial charge in [-0.05, 0) is 48.4 Å². The van der Waals surface area contributed by atoms with Crippen LogP contribution >= 0.6 is 27.5 Å². The van der Waals surface area contributed by atoms with Crippen molar-refractivity contribution in [2.24, 2.45) is 0 Å². The maximum absolute atomic E-state index is 12.8. The zero-order valence-electron chi connectivity index (χ0n) is 12.5. The molecule has 0 saturated carbocycles. The number of carbonyl (C=O) groups excluding carboxylic acids is 1. The summed E-state index contributed by atoms with van der Waals surface area (Å²) in [6, 6.07) is 10.6. The number of hydrogen-bond donors (Lipinski definition) is 1. The molecule has 1 N–H and O–H groups in total. The van der Waals surface area contributed by atoms with Crippen LogP contribution in [0.15, 0.2) is 51.9 Å². The predicted octanol–water partition coefficient (Wildman–Crippen LogP) is 4.23. The Morgan fingerprint density at radius 2 is 1.96 bits per heavy atom. The summed E-state index contributed by atoms with van der Waals surface area (Å²) >= 11 is 9.29. The van der Waals surface area contributed by atoms with Gasteiger partial charge in [-0.25, -0.2) is 0 Å². The number of rotatable bonds is 2. The van der Waals surface area contributed by atoms with Crippen molar-refractivity contribution in [2.75, 3.05) is 5.32 Å². The summed E-state index contributed by atoms with van der Waals surface area (Å²) in [4.78, 5) is 25.3. The second-order valence-corrected chi connectivity index (χ2v) is 7.09. The molecule has 2 heterocycles. The molecule has 1 aliphatic rings. The molecular weight excluding hydrogens is 392 g/mol. The van der Waals surface area contributed by atoms with Gasteiger partial charge in [-0.1, -0.05) is 27.5 Å². The van der Waals surface area contributed by atoms with Gasteiger partial charge in [0.25, 0.3) is 5.91 Å². The van der Waals surface area contributed by atoms with E-state index in [0.717, 1.165) is 28.5 Å². The first-order valence-electron chi connectivity index (χ1n) is 7.45. The van der Waals surface area contributed by atoms with Crippen LogP contribution in [-0.2, 0) is 13.0 Å². The second kappa shape index (κ2) is 5.76. The van der Waals surface area contributed by atoms with E-state index in [0.29, 0.717) is 16.1 Å². The van der Waals surface area contributed by atoms with E-state index in [1.165, 1.54) is 0 Å². The van der Waals surface area contributed by atoms with Crippen molar-refractivity contribution in [1.82, 2.24) is 4.57 Å². The van der Waals surface area contributed by atoms with E-state index in [1.807, 2.05) is 10.6 Å². The third-order valence-corrected chi connectivity index (χ3v) is 4.89. The van der Waals surface area contributed by atoms with Crippen LogP contribution in [-0.4, -0.2) is 10.5 Å². The van der Waals surface area contributed by atoms with Gasteiger partial charge in [0.1, 0.15) is 5.56 Å². The lowest BCUT2D eigenvalue weighted by Crippen LogP contribution is -2.23. The van der Waals surface area contributed by atoms with Crippen LogP contribution in [0.5, 0.6) is 0 Å². The van der Waals surface area contributed by atoms with Crippen molar-refractivity contribution in [3.63, 3.8) is 0 Å². The molecule has 0 radical (unpaired) electrons. The highest BCUT2D eigenvalue weighted by atomic mass is 79.9. The SMILES string of the molecule is O=C(Nc1ccc(Cl)cc1)c1cn2c3c(cc(Br)cc3c1=O)CC2. The molecule has 1 aromatic heterocycles. The van der Waals surface area contributed by atoms with Crippen molar-refractivity contribution < 1.29 is 4.79 Å². The summed E-state index contributed by atoms with van der Waals surface area (Å²) in [6.07, 6.45) is 2.51. The zero-order valence-corrected chi connectivity index (χ0v) is 14.8. The number of anilines is 1. The van der Waals surface area contributed by atoms with Gasteiger partial charge in [-0.15, -0.1) is 0 Å². The van der Waals surface area contributed by atoms with Crippen LogP contribution in [0.25, 0.3) is 10.9 Å². The van der Waals surface area contributed by atoms with Gasteiger partial charge in [-0.2, -0.15) is 0 Å². The number of pyridine rings is 1. The fraction of sp³-hybridized carbons (Fsp3) is 0.111. The zero-order chi connectivity index (χ0) is 16.8. The summed E-state index contributed by atoms with van der Waals surface area (Å²) in [6.45, 7) is 0.768. The van der Waals surface area contributed by atoms with E-state index in [2.05, 4.69) is 21.2 Å². The quantitative estimate of drug-likeness (QED) is 0.696. The van der Waals surface area contributed by atoms with E-state index < -0.39 is 5.91 Å². The average Bonchev–Trinajstić information content (AvgIpc) is 2.96. The molecule has 1 aliphatic heterocycles. The van der Waals surface area contributed by atoms with Gasteiger partial charge in [-0.3, -0.25) is 9.59 Å². The molecule has 0 atom stereocenters. The first kappa shape index (κ1) is 15.4. The fourth-order valence-electron chi connectivity index (χ4n) is 3.09. The third kappa shape index (κ3) is 2.54. The Morgan fingerprint density at radius 1 is 1.21 bits per heavy atom. The van der Waals surface area contributed by atoms with E-state index in [1.54, 1.807) is 36.5 Å². The largest absolute Gasteiger partial charge is 0.346 e. The number of nitrogens with zero attached hydrogens (tertiary/aromatic N) is 1. The molecule has 0 bridgehead atoms. The number of aromatic nitrogens is 1. The molecule has 1 amide bonds. The highest BCUT2D eigenvalue weighted by Crippen LogP contribution is 2.28. The highest BCUT2D eigenvalue weighted by Gasteiger charge is 2.21. The number of carbonyl (C=O) groups is 1. The highest BCUT2D eigenvalue weighted by molar-refractivity contribution is 9.10. The van der Waals surface area contributed by atoms with Crippen LogP contribution in [0.4, 0.5) is 5.69 Å². The second-order valence-electron chi connectivity index (χ2n) is 5.74. The van der Waals surface area contributed by atoms with Gasteiger partial charge < -0.3 is 9.88 Å². The van der Waals surface area contributed by atoms with Crippen LogP contribution in [0, 0.1) is 0 Å². The lowest BCUT2D eigenvalue weighted by molar-refractivity contribution is 0.102. The van der Waals surface area contributed by atoms with Crippen LogP contribution < -0.4 is 10.7 Å². The van der Waals surface area contributed by atoms with Crippen LogP contribution in [0.2, 0.25) is 5.02 Å². The maximum Gasteiger partial charge on any atom is 0.261 e. The minimum atomic E-state index is -0.415. The van der Waals surface area contributed by atoms with E-state index in [4.69, 9.17) is 11.6 Å². The molecule has 0 fully saturated rings. The van der Waals surface area contributed by atoms with E-state index in [-0.39, 0.29) is 11.0 Å². The van der Waals surface area contributed by atoms with Crippen LogP contribution in [0.1, 0.15) is 15.9 Å². The molecule has 3 aromatic rings. The van der Waals surface area contributed by atoms with Gasteiger partial charge in [0.15, 0.2) is 0 Å². The maximum atomic E-state index is 12.8. The van der Waals surface area contributed by atoms with Gasteiger partial charge >= 0.3 is 0 Å². The topological polar surface area (TPSA) is 51.1 Å². The van der Waals surface area contributed by atoms with Crippen LogP contribution in [0.3, 0.4) is 0 Å². The molecule has 0 unspecified atom stereocenters. The normalized spacial score (nSPS) is 12.6. The Bertz CT molecular complexity index is 1040. The smallest absolute Gasteiger partial charge is 0.261 e. The van der Waals surface area contributed by atoms with Crippen molar-refractivity contribution in [2.45, 2.75) is 13.0 Å². The molecular formula is C18H12BrClN2O2. The molecule has 0 aliphatic carbocycles. The molecule has 0 spiro atoms. The predicted molar refractivity (Wildman–Crippen MR) is 99.0 cm³/mol.